The second-order valence-corrected chi connectivity index (χ2v) is 5.68. The minimum atomic E-state index is -2.98. The number of carboxylic acids is 1. The molecule has 0 saturated heterocycles. The molecule has 144 valence electrons. The third-order valence-electron chi connectivity index (χ3n) is 3.87. The number of pyridine rings is 1. The van der Waals surface area contributed by atoms with Gasteiger partial charge in [-0.25, -0.2) is 14.2 Å². The number of aromatic carboxylic acids is 1. The van der Waals surface area contributed by atoms with E-state index in [2.05, 4.69) is 9.72 Å². The molecule has 0 aliphatic rings. The zero-order valence-corrected chi connectivity index (χ0v) is 14.5. The smallest absolute Gasteiger partial charge is 0.387 e. The van der Waals surface area contributed by atoms with E-state index in [0.717, 1.165) is 6.07 Å². The fourth-order valence-corrected chi connectivity index (χ4v) is 2.65. The van der Waals surface area contributed by atoms with Crippen molar-refractivity contribution < 1.29 is 32.5 Å². The number of halogens is 3. The SMILES string of the molecule is COc1cc(/C=C/c2cc(C(=O)O)c3ccc(F)cc3n2)ccc1OC(F)F. The summed E-state index contributed by atoms with van der Waals surface area (Å²) in [6.07, 6.45) is 3.12. The molecular formula is C20H14F3NO4. The van der Waals surface area contributed by atoms with Crippen LogP contribution in [0.5, 0.6) is 11.5 Å². The Balaban J connectivity index is 1.98. The highest BCUT2D eigenvalue weighted by Crippen LogP contribution is 2.30. The summed E-state index contributed by atoms with van der Waals surface area (Å²) in [5.74, 6) is -1.69. The monoisotopic (exact) mass is 389 g/mol. The van der Waals surface area contributed by atoms with Gasteiger partial charge in [-0.2, -0.15) is 8.78 Å². The number of rotatable bonds is 6. The normalized spacial score (nSPS) is 11.3. The fourth-order valence-electron chi connectivity index (χ4n) is 2.65. The Labute approximate surface area is 157 Å². The van der Waals surface area contributed by atoms with Gasteiger partial charge >= 0.3 is 12.6 Å². The first-order valence-corrected chi connectivity index (χ1v) is 8.02. The van der Waals surface area contributed by atoms with Crippen LogP contribution in [0, 0.1) is 5.82 Å². The van der Waals surface area contributed by atoms with Gasteiger partial charge in [-0.15, -0.1) is 0 Å². The molecule has 0 aliphatic carbocycles. The van der Waals surface area contributed by atoms with Crippen LogP contribution in [0.15, 0.2) is 42.5 Å². The third-order valence-corrected chi connectivity index (χ3v) is 3.87. The molecule has 2 aromatic carbocycles. The van der Waals surface area contributed by atoms with Crippen LogP contribution < -0.4 is 9.47 Å². The average Bonchev–Trinajstić information content (AvgIpc) is 2.65. The number of carboxylic acid groups (broad SMARTS) is 1. The summed E-state index contributed by atoms with van der Waals surface area (Å²) in [5.41, 5.74) is 1.07. The van der Waals surface area contributed by atoms with Crippen molar-refractivity contribution in [1.82, 2.24) is 4.98 Å². The molecule has 3 aromatic rings. The molecule has 1 aromatic heterocycles. The number of methoxy groups -OCH3 is 1. The van der Waals surface area contributed by atoms with Gasteiger partial charge in [0.05, 0.1) is 23.9 Å². The highest BCUT2D eigenvalue weighted by atomic mass is 19.3. The van der Waals surface area contributed by atoms with Crippen molar-refractivity contribution in [2.75, 3.05) is 7.11 Å². The van der Waals surface area contributed by atoms with E-state index in [0.29, 0.717) is 16.6 Å². The summed E-state index contributed by atoms with van der Waals surface area (Å²) < 4.78 is 47.7. The zero-order valence-electron chi connectivity index (χ0n) is 14.5. The highest BCUT2D eigenvalue weighted by Gasteiger charge is 2.12. The first kappa shape index (κ1) is 19.2. The molecule has 0 saturated carbocycles. The van der Waals surface area contributed by atoms with Crippen LogP contribution in [0.3, 0.4) is 0 Å². The number of alkyl halides is 2. The minimum Gasteiger partial charge on any atom is -0.493 e. The van der Waals surface area contributed by atoms with Gasteiger partial charge in [0.25, 0.3) is 0 Å². The van der Waals surface area contributed by atoms with Crippen LogP contribution in [-0.4, -0.2) is 29.8 Å². The number of nitrogens with zero attached hydrogens (tertiary/aromatic N) is 1. The molecule has 0 radical (unpaired) electrons. The Morgan fingerprint density at radius 2 is 1.89 bits per heavy atom. The van der Waals surface area contributed by atoms with Gasteiger partial charge in [-0.05, 0) is 42.0 Å². The average molecular weight is 389 g/mol. The molecule has 0 bridgehead atoms. The lowest BCUT2D eigenvalue weighted by Gasteiger charge is -2.10. The van der Waals surface area contributed by atoms with Crippen LogP contribution in [0.25, 0.3) is 23.1 Å². The summed E-state index contributed by atoms with van der Waals surface area (Å²) in [7, 11) is 1.32. The summed E-state index contributed by atoms with van der Waals surface area (Å²) in [4.78, 5) is 15.7. The molecule has 0 unspecified atom stereocenters. The Morgan fingerprint density at radius 3 is 2.57 bits per heavy atom. The number of hydrogen-bond acceptors (Lipinski definition) is 4. The van der Waals surface area contributed by atoms with Crippen molar-refractivity contribution in [2.24, 2.45) is 0 Å². The number of hydrogen-bond donors (Lipinski definition) is 1. The lowest BCUT2D eigenvalue weighted by atomic mass is 10.1. The largest absolute Gasteiger partial charge is 0.493 e. The predicted octanol–water partition coefficient (Wildman–Crippen LogP) is 4.85. The predicted molar refractivity (Wildman–Crippen MR) is 97.2 cm³/mol. The third kappa shape index (κ3) is 4.22. The van der Waals surface area contributed by atoms with Gasteiger partial charge in [0.1, 0.15) is 5.82 Å². The summed E-state index contributed by atoms with van der Waals surface area (Å²) in [6.45, 7) is -2.98. The summed E-state index contributed by atoms with van der Waals surface area (Å²) in [5, 5.41) is 9.72. The Hall–Kier alpha value is -3.55. The van der Waals surface area contributed by atoms with Gasteiger partial charge < -0.3 is 14.6 Å². The van der Waals surface area contributed by atoms with Crippen molar-refractivity contribution in [3.8, 4) is 11.5 Å². The Bertz CT molecular complexity index is 1070. The van der Waals surface area contributed by atoms with Crippen LogP contribution in [0.1, 0.15) is 21.6 Å². The maximum Gasteiger partial charge on any atom is 0.387 e. The van der Waals surface area contributed by atoms with Crippen molar-refractivity contribution in [3.63, 3.8) is 0 Å². The Kier molecular flexibility index (Phi) is 5.49. The quantitative estimate of drug-likeness (QED) is 0.653. The molecule has 0 aliphatic heterocycles. The van der Waals surface area contributed by atoms with Crippen LogP contribution in [-0.2, 0) is 0 Å². The van der Waals surface area contributed by atoms with E-state index in [4.69, 9.17) is 4.74 Å². The number of benzene rings is 2. The number of fused-ring (bicyclic) bond motifs is 1. The molecule has 0 amide bonds. The van der Waals surface area contributed by atoms with Gasteiger partial charge in [-0.3, -0.25) is 0 Å². The zero-order chi connectivity index (χ0) is 20.3. The summed E-state index contributed by atoms with van der Waals surface area (Å²) >= 11 is 0. The lowest BCUT2D eigenvalue weighted by Crippen LogP contribution is -2.03. The van der Waals surface area contributed by atoms with E-state index in [1.165, 1.54) is 49.6 Å². The second-order valence-electron chi connectivity index (χ2n) is 5.68. The fraction of sp³-hybridized carbons (Fsp3) is 0.100. The lowest BCUT2D eigenvalue weighted by molar-refractivity contribution is -0.0512. The van der Waals surface area contributed by atoms with Crippen molar-refractivity contribution in [3.05, 3.63) is 65.1 Å². The van der Waals surface area contributed by atoms with E-state index in [1.54, 1.807) is 6.08 Å². The molecule has 0 atom stereocenters. The molecule has 3 rings (SSSR count). The van der Waals surface area contributed by atoms with Crippen molar-refractivity contribution >= 4 is 29.0 Å². The van der Waals surface area contributed by atoms with E-state index < -0.39 is 18.4 Å². The number of ether oxygens (including phenoxy) is 2. The van der Waals surface area contributed by atoms with E-state index in [9.17, 15) is 23.1 Å². The van der Waals surface area contributed by atoms with Gasteiger partial charge in [-0.1, -0.05) is 12.1 Å². The highest BCUT2D eigenvalue weighted by molar-refractivity contribution is 6.03. The van der Waals surface area contributed by atoms with E-state index in [1.807, 2.05) is 0 Å². The molecule has 1 N–H and O–H groups in total. The summed E-state index contributed by atoms with van der Waals surface area (Å²) in [6, 6.07) is 9.38. The maximum absolute atomic E-state index is 13.5. The maximum atomic E-state index is 13.5. The van der Waals surface area contributed by atoms with E-state index >= 15 is 0 Å². The first-order chi connectivity index (χ1) is 13.4. The molecule has 0 fully saturated rings. The molecule has 8 heteroatoms. The second kappa shape index (κ2) is 7.99. The van der Waals surface area contributed by atoms with Gasteiger partial charge in [0, 0.05) is 11.5 Å². The molecule has 28 heavy (non-hydrogen) atoms. The van der Waals surface area contributed by atoms with Crippen LogP contribution in [0.4, 0.5) is 13.2 Å². The van der Waals surface area contributed by atoms with Gasteiger partial charge in [0.2, 0.25) is 0 Å². The topological polar surface area (TPSA) is 68.7 Å². The van der Waals surface area contributed by atoms with Gasteiger partial charge in [0.15, 0.2) is 11.5 Å². The number of aromatic nitrogens is 1. The molecule has 1 heterocycles. The molecule has 0 spiro atoms. The van der Waals surface area contributed by atoms with Crippen LogP contribution in [0.2, 0.25) is 0 Å². The number of carbonyl (C=O) groups is 1. The van der Waals surface area contributed by atoms with Crippen molar-refractivity contribution in [2.45, 2.75) is 6.61 Å². The molecule has 5 nitrogen and oxygen atoms in total. The first-order valence-electron chi connectivity index (χ1n) is 8.02. The van der Waals surface area contributed by atoms with Crippen molar-refractivity contribution in [1.29, 1.82) is 0 Å². The van der Waals surface area contributed by atoms with Crippen LogP contribution >= 0.6 is 0 Å². The van der Waals surface area contributed by atoms with E-state index in [-0.39, 0.29) is 22.6 Å². The molecular weight excluding hydrogens is 375 g/mol. The Morgan fingerprint density at radius 1 is 1.11 bits per heavy atom. The minimum absolute atomic E-state index is 0.0112. The standard InChI is InChI=1S/C20H14F3NO4/c1-27-18-8-11(3-7-17(18)28-20(22)23)2-5-13-10-15(19(25)26)14-6-4-12(21)9-16(14)24-13/h2-10,20H,1H3,(H,25,26)/b5-2+.